The molecule has 2 aliphatic rings. The van der Waals surface area contributed by atoms with Gasteiger partial charge in [0.25, 0.3) is 0 Å². The smallest absolute Gasteiger partial charge is 0.0457 e. The summed E-state index contributed by atoms with van der Waals surface area (Å²) < 4.78 is 0. The van der Waals surface area contributed by atoms with E-state index in [-0.39, 0.29) is 0 Å². The molecule has 1 saturated carbocycles. The Morgan fingerprint density at radius 1 is 1.25 bits per heavy atom. The van der Waals surface area contributed by atoms with Crippen molar-refractivity contribution in [3.63, 3.8) is 0 Å². The van der Waals surface area contributed by atoms with Crippen LogP contribution < -0.4 is 10.6 Å². The van der Waals surface area contributed by atoms with E-state index in [4.69, 9.17) is 0 Å². The zero-order valence-electron chi connectivity index (χ0n) is 4.98. The summed E-state index contributed by atoms with van der Waals surface area (Å²) in [5.41, 5.74) is 0. The lowest BCUT2D eigenvalue weighted by atomic mass is 10.2. The molecular weight excluding hydrogens is 100 g/mol. The summed E-state index contributed by atoms with van der Waals surface area (Å²) in [6, 6.07) is 0.815. The second-order valence-corrected chi connectivity index (χ2v) is 2.78. The first-order chi connectivity index (χ1) is 3.97. The molecule has 46 valence electrons. The van der Waals surface area contributed by atoms with Gasteiger partial charge in [-0.3, -0.25) is 0 Å². The quantitative estimate of drug-likeness (QED) is 0.495. The van der Waals surface area contributed by atoms with Gasteiger partial charge in [-0.2, -0.15) is 0 Å². The zero-order valence-corrected chi connectivity index (χ0v) is 4.98. The third-order valence-electron chi connectivity index (χ3n) is 2.04. The number of hydrogen-bond donors (Lipinski definition) is 2. The molecule has 0 aromatic heterocycles. The minimum absolute atomic E-state index is 0.815. The third-order valence-corrected chi connectivity index (χ3v) is 2.04. The van der Waals surface area contributed by atoms with Crippen molar-refractivity contribution in [2.75, 3.05) is 13.2 Å². The molecule has 1 heterocycles. The zero-order chi connectivity index (χ0) is 5.40. The molecule has 0 bridgehead atoms. The van der Waals surface area contributed by atoms with Gasteiger partial charge in [-0.1, -0.05) is 0 Å². The van der Waals surface area contributed by atoms with Crippen LogP contribution in [0.3, 0.4) is 0 Å². The molecule has 0 radical (unpaired) electrons. The average Bonchev–Trinajstić information content (AvgIpc) is 2.49. The van der Waals surface area contributed by atoms with E-state index in [0.717, 1.165) is 18.6 Å². The Morgan fingerprint density at radius 3 is 2.62 bits per heavy atom. The van der Waals surface area contributed by atoms with Crippen molar-refractivity contribution in [3.8, 4) is 0 Å². The standard InChI is InChI=1S/C6H12N2/c1-2-5(1)6-3-7-4-8-6/h5-8H,1-4H2. The van der Waals surface area contributed by atoms with Crippen molar-refractivity contribution in [3.05, 3.63) is 0 Å². The van der Waals surface area contributed by atoms with Crippen LogP contribution in [0.5, 0.6) is 0 Å². The summed E-state index contributed by atoms with van der Waals surface area (Å²) in [6.07, 6.45) is 2.92. The van der Waals surface area contributed by atoms with E-state index in [2.05, 4.69) is 10.6 Å². The normalized spacial score (nSPS) is 38.2. The first-order valence-electron chi connectivity index (χ1n) is 3.41. The van der Waals surface area contributed by atoms with Gasteiger partial charge in [0, 0.05) is 19.3 Å². The molecule has 0 amide bonds. The first-order valence-corrected chi connectivity index (χ1v) is 3.41. The van der Waals surface area contributed by atoms with Gasteiger partial charge in [0.05, 0.1) is 0 Å². The third kappa shape index (κ3) is 0.740. The second kappa shape index (κ2) is 1.71. The largest absolute Gasteiger partial charge is 0.303 e. The highest BCUT2D eigenvalue weighted by Gasteiger charge is 2.32. The van der Waals surface area contributed by atoms with Crippen molar-refractivity contribution in [1.29, 1.82) is 0 Å². The summed E-state index contributed by atoms with van der Waals surface area (Å²) in [5, 5.41) is 6.69. The van der Waals surface area contributed by atoms with E-state index in [1.165, 1.54) is 19.4 Å². The molecule has 2 nitrogen and oxygen atoms in total. The Bertz CT molecular complexity index is 82.5. The van der Waals surface area contributed by atoms with E-state index in [9.17, 15) is 0 Å². The maximum Gasteiger partial charge on any atom is 0.0457 e. The van der Waals surface area contributed by atoms with Gasteiger partial charge in [-0.05, 0) is 18.8 Å². The molecule has 2 rings (SSSR count). The van der Waals surface area contributed by atoms with Crippen molar-refractivity contribution < 1.29 is 0 Å². The van der Waals surface area contributed by atoms with Crippen LogP contribution in [-0.2, 0) is 0 Å². The maximum absolute atomic E-state index is 3.41. The Balaban J connectivity index is 1.86. The molecule has 1 saturated heterocycles. The van der Waals surface area contributed by atoms with Crippen molar-refractivity contribution >= 4 is 0 Å². The molecule has 1 atom stereocenters. The molecule has 0 aromatic rings. The van der Waals surface area contributed by atoms with Crippen LogP contribution in [0.1, 0.15) is 12.8 Å². The molecule has 0 spiro atoms. The van der Waals surface area contributed by atoms with E-state index in [1.807, 2.05) is 0 Å². The molecule has 1 aliphatic heterocycles. The van der Waals surface area contributed by atoms with Crippen molar-refractivity contribution in [2.24, 2.45) is 5.92 Å². The topological polar surface area (TPSA) is 24.1 Å². The Hall–Kier alpha value is -0.0800. The second-order valence-electron chi connectivity index (χ2n) is 2.78. The maximum atomic E-state index is 3.41. The molecule has 2 fully saturated rings. The van der Waals surface area contributed by atoms with Gasteiger partial charge < -0.3 is 10.6 Å². The SMILES string of the molecule is C1NCC(C2CC2)N1. The summed E-state index contributed by atoms with van der Waals surface area (Å²) in [7, 11) is 0. The van der Waals surface area contributed by atoms with E-state index < -0.39 is 0 Å². The summed E-state index contributed by atoms with van der Waals surface area (Å²) in [6.45, 7) is 2.23. The summed E-state index contributed by atoms with van der Waals surface area (Å²) >= 11 is 0. The van der Waals surface area contributed by atoms with Gasteiger partial charge in [0.15, 0.2) is 0 Å². The fourth-order valence-corrected chi connectivity index (χ4v) is 1.34. The fourth-order valence-electron chi connectivity index (χ4n) is 1.34. The molecule has 2 heteroatoms. The Kier molecular flexibility index (Phi) is 1.02. The molecule has 1 aliphatic carbocycles. The minimum Gasteiger partial charge on any atom is -0.303 e. The lowest BCUT2D eigenvalue weighted by molar-refractivity contribution is 0.563. The molecular formula is C6H12N2. The monoisotopic (exact) mass is 112 g/mol. The molecule has 0 aromatic carbocycles. The van der Waals surface area contributed by atoms with E-state index >= 15 is 0 Å². The Morgan fingerprint density at radius 2 is 2.12 bits per heavy atom. The first kappa shape index (κ1) is 4.77. The fraction of sp³-hybridized carbons (Fsp3) is 1.00. The van der Waals surface area contributed by atoms with E-state index in [0.29, 0.717) is 0 Å². The van der Waals surface area contributed by atoms with Gasteiger partial charge in [0.2, 0.25) is 0 Å². The van der Waals surface area contributed by atoms with Crippen molar-refractivity contribution in [1.82, 2.24) is 10.6 Å². The van der Waals surface area contributed by atoms with Crippen LogP contribution in [0.2, 0.25) is 0 Å². The number of hydrogen-bond acceptors (Lipinski definition) is 2. The predicted molar refractivity (Wildman–Crippen MR) is 32.5 cm³/mol. The highest BCUT2D eigenvalue weighted by atomic mass is 15.2. The van der Waals surface area contributed by atoms with Crippen LogP contribution in [0.25, 0.3) is 0 Å². The minimum atomic E-state index is 0.815. The lowest BCUT2D eigenvalue weighted by Gasteiger charge is -2.03. The van der Waals surface area contributed by atoms with E-state index in [1.54, 1.807) is 0 Å². The summed E-state index contributed by atoms with van der Waals surface area (Å²) in [4.78, 5) is 0. The van der Waals surface area contributed by atoms with Gasteiger partial charge in [0.1, 0.15) is 0 Å². The Labute approximate surface area is 49.7 Å². The highest BCUT2D eigenvalue weighted by molar-refractivity contribution is 4.90. The molecule has 8 heavy (non-hydrogen) atoms. The van der Waals surface area contributed by atoms with Crippen LogP contribution in [0.15, 0.2) is 0 Å². The van der Waals surface area contributed by atoms with Crippen LogP contribution >= 0.6 is 0 Å². The average molecular weight is 112 g/mol. The number of rotatable bonds is 1. The van der Waals surface area contributed by atoms with Gasteiger partial charge >= 0.3 is 0 Å². The molecule has 2 N–H and O–H groups in total. The van der Waals surface area contributed by atoms with Crippen molar-refractivity contribution in [2.45, 2.75) is 18.9 Å². The van der Waals surface area contributed by atoms with Gasteiger partial charge in [-0.15, -0.1) is 0 Å². The van der Waals surface area contributed by atoms with Crippen LogP contribution in [0.4, 0.5) is 0 Å². The lowest BCUT2D eigenvalue weighted by Crippen LogP contribution is -2.25. The number of nitrogens with one attached hydrogen (secondary N) is 2. The highest BCUT2D eigenvalue weighted by Crippen LogP contribution is 2.32. The van der Waals surface area contributed by atoms with Crippen LogP contribution in [0, 0.1) is 5.92 Å². The predicted octanol–water partition coefficient (Wildman–Crippen LogP) is -0.0847. The van der Waals surface area contributed by atoms with Crippen LogP contribution in [-0.4, -0.2) is 19.3 Å². The molecule has 1 unspecified atom stereocenters. The van der Waals surface area contributed by atoms with Gasteiger partial charge in [-0.25, -0.2) is 0 Å². The summed E-state index contributed by atoms with van der Waals surface area (Å²) in [5.74, 6) is 1.02.